The molecule has 0 aliphatic rings. The van der Waals surface area contributed by atoms with E-state index in [0.29, 0.717) is 19.2 Å². The molecule has 795 valence electrons. The van der Waals surface area contributed by atoms with Crippen molar-refractivity contribution >= 4 is 142 Å². The maximum atomic E-state index is 11.2. The van der Waals surface area contributed by atoms with Crippen molar-refractivity contribution in [2.75, 3.05) is 42.7 Å². The van der Waals surface area contributed by atoms with Gasteiger partial charge in [0.2, 0.25) is 0 Å². The molecule has 0 aromatic heterocycles. The van der Waals surface area contributed by atoms with Crippen LogP contribution in [0.3, 0.4) is 0 Å². The molecule has 0 spiro atoms. The third kappa shape index (κ3) is 293. The molecule has 0 aliphatic heterocycles. The topological polar surface area (TPSA) is 262 Å². The van der Waals surface area contributed by atoms with Crippen LogP contribution < -0.4 is 145 Å². The second-order valence-electron chi connectivity index (χ2n) is 24.2. The third-order valence-corrected chi connectivity index (χ3v) is 15.7. The predicted molar refractivity (Wildman–Crippen MR) is 602 cm³/mol. The van der Waals surface area contributed by atoms with Crippen LogP contribution in [0.15, 0.2) is 211 Å². The first kappa shape index (κ1) is 199. The maximum absolute atomic E-state index is 11.2. The summed E-state index contributed by atoms with van der Waals surface area (Å²) in [5.74, 6) is -1.32. The van der Waals surface area contributed by atoms with E-state index in [9.17, 15) is 33.0 Å². The van der Waals surface area contributed by atoms with E-state index in [1.165, 1.54) is 151 Å². The molecule has 0 atom stereocenters. The van der Waals surface area contributed by atoms with Gasteiger partial charge in [-0.3, -0.25) is 18.8 Å². The Labute approximate surface area is 954 Å². The normalized spacial score (nSPS) is 8.04. The molecule has 136 heavy (non-hydrogen) atoms. The Hall–Kier alpha value is -2.36. The molecular formula is C106H201B2Cl2F3K2NO15P2PdS2. The molecule has 0 heterocycles. The number of carboxylic acid groups (broad SMARTS) is 1. The summed E-state index contributed by atoms with van der Waals surface area (Å²) in [5, 5.41) is 58.8. The van der Waals surface area contributed by atoms with Gasteiger partial charge in [-0.25, -0.2) is 0 Å². The minimum absolute atomic E-state index is 0. The molecule has 30 heteroatoms. The van der Waals surface area contributed by atoms with Crippen LogP contribution in [-0.4, -0.2) is 131 Å². The monoisotopic (exact) mass is 2190 g/mol. The summed E-state index contributed by atoms with van der Waals surface area (Å²) < 4.78 is 51.0. The molecule has 0 amide bonds. The number of esters is 2. The number of thiol groups is 1. The summed E-state index contributed by atoms with van der Waals surface area (Å²) in [6, 6.07) is 64.7. The van der Waals surface area contributed by atoms with Crippen LogP contribution in [0.5, 0.6) is 0 Å². The molecular weight excluding hydrogens is 1990 g/mol. The number of carbonyl (C=O) groups excluding carboxylic acids is 4. The number of methoxy groups -OCH3 is 4. The van der Waals surface area contributed by atoms with Crippen molar-refractivity contribution in [3.05, 3.63) is 206 Å². The number of alkyl halides is 3. The van der Waals surface area contributed by atoms with Crippen LogP contribution >= 0.6 is 59.9 Å². The number of benzene rings is 6. The number of rotatable bonds is 14. The van der Waals surface area contributed by atoms with Crippen LogP contribution in [0.25, 0.3) is 0 Å². The minimum Gasteiger partial charge on any atom is -0.0622 e. The quantitative estimate of drug-likeness (QED) is 0.00992. The van der Waals surface area contributed by atoms with Gasteiger partial charge >= 0.3 is 188 Å². The van der Waals surface area contributed by atoms with Gasteiger partial charge in [0, 0.05) is 48.8 Å². The standard InChI is InChI=1S/2C18H15P.C6H14.C5H12.2C4H9O.2C4H10.2C4H8.C3H6F2O.2C3H6O2.C3H6OS.C2H4O2.2C2H4O.7C2H6.CH5BO2.CH3F.CH4O.BHNS.2ClH.2K.Pd/c2*1-4-10-16(11-5-1)19(17-12-6-2-7-13-17)18-14-8-3-9-15-18;1-3-5-6-4-2;1-3-5-4-2;2*1-4(2,3)5;4*1-3-4-2;1-3(4,5)6-2;2*1-3(4)5-2;1-3(5)4-2;1-2(3)4;2*1-2-3;7*1-2;1-2(3)4;2*1-2;1-2-3;;;;;/h2*1-15H;3-6H2,1-2H3;3-5H2,1-2H3;2*1-3H3;2*3-4H2,1-2H3;2*3-4H,1-2H3;1-2H3;3*1-2H3;1H3,(H,3,4);2*2H,1H3;7*1-2H3;3-4H,1H3;1H3;2H,1H3;3H;2*1H;;;/q;;;;2*-1;;;;;;;;;;;;;;;;;;;;;;;;;2*+1;+2/p-2. The van der Waals surface area contributed by atoms with Crippen molar-refractivity contribution < 1.29 is 205 Å². The third-order valence-electron chi connectivity index (χ3n) is 10.6. The number of unbranched alkanes of at least 4 members (excludes halogenated alkanes) is 7. The molecule has 6 rings (SSSR count). The molecule has 0 bridgehead atoms. The van der Waals surface area contributed by atoms with Gasteiger partial charge < -0.3 is 59.0 Å². The van der Waals surface area contributed by atoms with E-state index in [0.717, 1.165) is 33.7 Å². The molecule has 0 saturated heterocycles. The average Bonchev–Trinajstić information content (AvgIpc) is 0.827. The van der Waals surface area contributed by atoms with Crippen LogP contribution in [0, 0.1) is 0 Å². The fourth-order valence-electron chi connectivity index (χ4n) is 5.21. The zero-order valence-corrected chi connectivity index (χ0v) is 108. The van der Waals surface area contributed by atoms with Gasteiger partial charge in [-0.15, -0.1) is 11.2 Å². The van der Waals surface area contributed by atoms with Crippen molar-refractivity contribution in [2.24, 2.45) is 4.30 Å². The summed E-state index contributed by atoms with van der Waals surface area (Å²) in [6.07, 6.45) is 21.4. The molecule has 6 aromatic carbocycles. The average molecular weight is 2190 g/mol. The Morgan fingerprint density at radius 1 is 0.426 bits per heavy atom. The smallest absolute Gasteiger partial charge is 0.0622 e. The number of ether oxygens (including phenoxy) is 4. The number of aliphatic carboxylic acids is 1. The number of thiocarbonyl (C=S) groups is 1. The van der Waals surface area contributed by atoms with Gasteiger partial charge in [0.1, 0.15) is 12.6 Å². The number of allylic oxidation sites excluding steroid dienone is 4. The summed E-state index contributed by atoms with van der Waals surface area (Å²) in [6.45, 7) is 73.8. The van der Waals surface area contributed by atoms with Crippen LogP contribution in [-0.2, 0) is 58.9 Å². The van der Waals surface area contributed by atoms with E-state index >= 15 is 0 Å². The number of carboxylic acids is 1. The Balaban J connectivity index is -0.0000000426. The Morgan fingerprint density at radius 3 is 0.566 bits per heavy atom. The van der Waals surface area contributed by atoms with Crippen molar-refractivity contribution in [1.29, 1.82) is 0 Å². The largest absolute Gasteiger partial charge is 1.00 e. The van der Waals surface area contributed by atoms with E-state index in [4.69, 9.17) is 53.7 Å². The van der Waals surface area contributed by atoms with Crippen LogP contribution in [0.1, 0.15) is 341 Å². The second-order valence-corrected chi connectivity index (χ2v) is 31.8. The first-order chi connectivity index (χ1) is 63.4. The number of halogens is 5. The van der Waals surface area contributed by atoms with Crippen molar-refractivity contribution in [3.8, 4) is 0 Å². The number of aliphatic hydroxyl groups is 1. The summed E-state index contributed by atoms with van der Waals surface area (Å²) in [7, 11) is 18.6. The van der Waals surface area contributed by atoms with Crippen molar-refractivity contribution in [2.45, 2.75) is 365 Å². The SMILES string of the molecule is CB(O)O.CC.CC.CC.CC.CC.CC.CC.CC(=O)O.CC(C)(C)[O-].CC(C)(C)[O-].CC=CC.CC=CC.CC=O.CC=O.CCCC.CCCC.CCCCC.CCCCCC.CF.CO.COC(C)(F)F.COC(C)=O.COC(C)=O.COC(C)=S.[B]=NS.[Cl][Pd][Cl].[K+].[K+].c1ccc(P(c2ccccc2)c2ccccc2)cc1.c1ccc(P(c2ccccc2)c2ccccc2)cc1. The molecule has 16 nitrogen and oxygen atoms in total. The van der Waals surface area contributed by atoms with E-state index in [-0.39, 0.29) is 131 Å². The van der Waals surface area contributed by atoms with E-state index in [1.54, 1.807) is 55.6 Å². The number of aldehydes is 2. The first-order valence-corrected chi connectivity index (χ1v) is 53.5. The predicted octanol–water partition coefficient (Wildman–Crippen LogP) is 23.9. The summed E-state index contributed by atoms with van der Waals surface area (Å²) in [4.78, 5) is 45.8. The van der Waals surface area contributed by atoms with Crippen LogP contribution in [0.2, 0.25) is 6.82 Å². The Kier molecular flexibility index (Phi) is 291. The molecule has 0 saturated carbocycles. The zero-order valence-electron chi connectivity index (χ0n) is 94.9. The first-order valence-electron chi connectivity index (χ1n) is 46.0. The number of aliphatic hydroxyl groups excluding tert-OH is 1. The van der Waals surface area contributed by atoms with Gasteiger partial charge in [0.05, 0.1) is 28.5 Å². The number of hydrogen-bond donors (Lipinski definition) is 5. The van der Waals surface area contributed by atoms with E-state index < -0.39 is 46.2 Å². The van der Waals surface area contributed by atoms with Gasteiger partial charge in [-0.1, -0.05) is 471 Å². The molecule has 6 aromatic rings. The van der Waals surface area contributed by atoms with Gasteiger partial charge in [0.25, 0.3) is 5.97 Å². The Morgan fingerprint density at radius 2 is 0.522 bits per heavy atom. The number of nitrogens with zero attached hydrogens (tertiary/aromatic N) is 1. The molecule has 0 unspecified atom stereocenters. The molecule has 1 radical (unpaired) electrons. The molecule has 4 N–H and O–H groups in total. The molecule has 0 aliphatic carbocycles. The Bertz CT molecular complexity index is 2560. The zero-order chi connectivity index (χ0) is 111. The van der Waals surface area contributed by atoms with Crippen molar-refractivity contribution in [3.63, 3.8) is 0 Å². The number of hydrogen-bond acceptors (Lipinski definition) is 17. The maximum Gasteiger partial charge on any atom is 1.00 e. The van der Waals surface area contributed by atoms with Gasteiger partial charge in [-0.05, 0) is 108 Å². The van der Waals surface area contributed by atoms with E-state index in [1.807, 2.05) is 149 Å². The fraction of sp³-hybridized carbons (Fsp3) is 0.566. The number of carbonyl (C=O) groups is 5. The summed E-state index contributed by atoms with van der Waals surface area (Å²) in [5.41, 5.74) is -1.50. The van der Waals surface area contributed by atoms with E-state index in [2.05, 4.69) is 293 Å². The van der Waals surface area contributed by atoms with Crippen LogP contribution in [0.4, 0.5) is 13.2 Å². The summed E-state index contributed by atoms with van der Waals surface area (Å²) >= 11 is 7.56. The second kappa shape index (κ2) is 198. The fourth-order valence-corrected chi connectivity index (χ4v) is 9.82. The van der Waals surface area contributed by atoms with Crippen molar-refractivity contribution in [1.82, 2.24) is 0 Å². The van der Waals surface area contributed by atoms with Gasteiger partial charge in [0.15, 0.2) is 5.05 Å². The molecule has 0 fully saturated rings. The minimum atomic E-state index is -2.96. The van der Waals surface area contributed by atoms with Gasteiger partial charge in [-0.2, -0.15) is 8.78 Å².